The molecule has 1 fully saturated rings. The molecule has 0 radical (unpaired) electrons. The molecule has 0 bridgehead atoms. The Balaban J connectivity index is 1.81. The highest BCUT2D eigenvalue weighted by Crippen LogP contribution is 2.35. The van der Waals surface area contributed by atoms with Gasteiger partial charge in [0.25, 0.3) is 11.6 Å². The summed E-state index contributed by atoms with van der Waals surface area (Å²) in [6, 6.07) is 11.9. The van der Waals surface area contributed by atoms with Crippen molar-refractivity contribution in [1.82, 2.24) is 5.32 Å². The number of benzene rings is 2. The molecule has 1 aliphatic carbocycles. The number of carbonyl (C=O) groups is 1. The average Bonchev–Trinajstić information content (AvgIpc) is 3.30. The van der Waals surface area contributed by atoms with Gasteiger partial charge in [-0.25, -0.2) is 0 Å². The summed E-state index contributed by atoms with van der Waals surface area (Å²) < 4.78 is 12.4. The topological polar surface area (TPSA) is 114 Å². The van der Waals surface area contributed by atoms with Crippen LogP contribution in [0.5, 0.6) is 11.5 Å². The number of amides is 1. The number of nitro benzene ring substituents is 1. The lowest BCUT2D eigenvalue weighted by Gasteiger charge is -2.15. The second-order valence-corrected chi connectivity index (χ2v) is 8.77. The second-order valence-electron chi connectivity index (χ2n) is 7.60. The number of nitrogens with one attached hydrogen (secondary N) is 1. The van der Waals surface area contributed by atoms with E-state index in [0.29, 0.717) is 29.2 Å². The molecule has 1 N–H and O–H groups in total. The third-order valence-corrected chi connectivity index (χ3v) is 6.00. The van der Waals surface area contributed by atoms with Crippen LogP contribution in [-0.2, 0) is 11.4 Å². The van der Waals surface area contributed by atoms with E-state index in [2.05, 4.69) is 27.9 Å². The molecule has 2 aromatic rings. The lowest BCUT2D eigenvalue weighted by molar-refractivity contribution is -0.384. The molecule has 0 aromatic heterocycles. The molecular weight excluding hydrogens is 537 g/mol. The quantitative estimate of drug-likeness (QED) is 0.149. The Kier molecular flexibility index (Phi) is 8.65. The first-order valence-electron chi connectivity index (χ1n) is 10.7. The highest BCUT2D eigenvalue weighted by Gasteiger charge is 2.20. The Hall–Kier alpha value is -3.13. The highest BCUT2D eigenvalue weighted by molar-refractivity contribution is 14.1. The molecule has 2 aromatic carbocycles. The summed E-state index contributed by atoms with van der Waals surface area (Å²) in [5, 5.41) is 23.4. The van der Waals surface area contributed by atoms with Gasteiger partial charge in [-0.1, -0.05) is 25.0 Å². The summed E-state index contributed by atoms with van der Waals surface area (Å²) >= 11 is 2.10. The third kappa shape index (κ3) is 6.68. The van der Waals surface area contributed by atoms with E-state index in [-0.39, 0.29) is 29.8 Å². The molecule has 9 heteroatoms. The van der Waals surface area contributed by atoms with Gasteiger partial charge in [-0.15, -0.1) is 0 Å². The maximum absolute atomic E-state index is 12.5. The van der Waals surface area contributed by atoms with Gasteiger partial charge in [0.2, 0.25) is 0 Å². The van der Waals surface area contributed by atoms with E-state index in [0.717, 1.165) is 29.3 Å². The summed E-state index contributed by atoms with van der Waals surface area (Å²) in [4.78, 5) is 23.1. The maximum atomic E-state index is 12.5. The van der Waals surface area contributed by atoms with Crippen LogP contribution in [0.4, 0.5) is 5.69 Å². The molecule has 3 rings (SSSR count). The minimum atomic E-state index is -0.449. The number of ether oxygens (including phenoxy) is 2. The number of nitro groups is 1. The summed E-state index contributed by atoms with van der Waals surface area (Å²) in [5.74, 6) is 0.591. The fourth-order valence-electron chi connectivity index (χ4n) is 3.64. The van der Waals surface area contributed by atoms with Crippen molar-refractivity contribution in [2.75, 3.05) is 6.61 Å². The van der Waals surface area contributed by atoms with Gasteiger partial charge in [0.15, 0.2) is 11.5 Å². The largest absolute Gasteiger partial charge is 0.490 e. The van der Waals surface area contributed by atoms with Crippen molar-refractivity contribution in [3.8, 4) is 17.6 Å². The molecule has 1 saturated carbocycles. The summed E-state index contributed by atoms with van der Waals surface area (Å²) in [5.41, 5.74) is 1.33. The first-order valence-corrected chi connectivity index (χ1v) is 11.7. The lowest BCUT2D eigenvalue weighted by Crippen LogP contribution is -2.33. The van der Waals surface area contributed by atoms with Crippen molar-refractivity contribution >= 4 is 40.3 Å². The van der Waals surface area contributed by atoms with E-state index in [4.69, 9.17) is 9.47 Å². The van der Waals surface area contributed by atoms with Crippen LogP contribution in [0.25, 0.3) is 6.08 Å². The summed E-state index contributed by atoms with van der Waals surface area (Å²) in [6.45, 7) is 2.36. The number of rotatable bonds is 9. The van der Waals surface area contributed by atoms with Crippen molar-refractivity contribution in [3.63, 3.8) is 0 Å². The number of non-ortho nitro benzene ring substituents is 1. The van der Waals surface area contributed by atoms with Gasteiger partial charge in [0.05, 0.1) is 15.1 Å². The normalized spacial score (nSPS) is 13.9. The van der Waals surface area contributed by atoms with Crippen molar-refractivity contribution in [3.05, 3.63) is 66.8 Å². The van der Waals surface area contributed by atoms with Gasteiger partial charge >= 0.3 is 0 Å². The molecule has 0 atom stereocenters. The smallest absolute Gasteiger partial charge is 0.269 e. The van der Waals surface area contributed by atoms with Gasteiger partial charge in [0.1, 0.15) is 18.2 Å². The van der Waals surface area contributed by atoms with Crippen molar-refractivity contribution in [2.45, 2.75) is 45.3 Å². The van der Waals surface area contributed by atoms with E-state index < -0.39 is 4.92 Å². The Morgan fingerprint density at radius 2 is 2.06 bits per heavy atom. The molecule has 0 aliphatic heterocycles. The first-order chi connectivity index (χ1) is 15.9. The van der Waals surface area contributed by atoms with Gasteiger partial charge in [-0.05, 0) is 71.7 Å². The van der Waals surface area contributed by atoms with E-state index in [9.17, 15) is 20.2 Å². The van der Waals surface area contributed by atoms with Gasteiger partial charge in [-0.2, -0.15) is 5.26 Å². The van der Waals surface area contributed by atoms with Crippen LogP contribution in [0.2, 0.25) is 0 Å². The number of hydrogen-bond donors (Lipinski definition) is 1. The molecular formula is C24H24IN3O5. The molecule has 1 aliphatic rings. The Labute approximate surface area is 205 Å². The Bertz CT molecular complexity index is 1100. The SMILES string of the molecule is CCOc1cc(/C=C(/C#N)C(=O)NC2CCCC2)cc(I)c1OCc1cccc([N+](=O)[O-])c1. The zero-order chi connectivity index (χ0) is 23.8. The number of halogens is 1. The predicted octanol–water partition coefficient (Wildman–Crippen LogP) is 5.14. The highest BCUT2D eigenvalue weighted by atomic mass is 127. The maximum Gasteiger partial charge on any atom is 0.269 e. The number of nitriles is 1. The zero-order valence-electron chi connectivity index (χ0n) is 18.2. The molecule has 0 unspecified atom stereocenters. The minimum absolute atomic E-state index is 0.00349. The predicted molar refractivity (Wildman–Crippen MR) is 132 cm³/mol. The first kappa shape index (κ1) is 24.5. The van der Waals surface area contributed by atoms with Gasteiger partial charge in [-0.3, -0.25) is 14.9 Å². The van der Waals surface area contributed by atoms with Crippen molar-refractivity contribution in [2.24, 2.45) is 0 Å². The van der Waals surface area contributed by atoms with Crippen molar-refractivity contribution < 1.29 is 19.2 Å². The monoisotopic (exact) mass is 561 g/mol. The van der Waals surface area contributed by atoms with Crippen LogP contribution in [0.3, 0.4) is 0 Å². The average molecular weight is 561 g/mol. The van der Waals surface area contributed by atoms with Crippen LogP contribution in [0.15, 0.2) is 42.0 Å². The van der Waals surface area contributed by atoms with Crippen molar-refractivity contribution in [1.29, 1.82) is 5.26 Å². The van der Waals surface area contributed by atoms with Crippen LogP contribution in [0.1, 0.15) is 43.7 Å². The van der Waals surface area contributed by atoms with Crippen LogP contribution in [-0.4, -0.2) is 23.5 Å². The zero-order valence-corrected chi connectivity index (χ0v) is 20.3. The Morgan fingerprint density at radius 1 is 1.30 bits per heavy atom. The molecule has 0 spiro atoms. The van der Waals surface area contributed by atoms with E-state index in [1.165, 1.54) is 12.1 Å². The number of carbonyl (C=O) groups excluding carboxylic acids is 1. The summed E-state index contributed by atoms with van der Waals surface area (Å²) in [6.07, 6.45) is 5.59. The minimum Gasteiger partial charge on any atom is -0.490 e. The number of hydrogen-bond acceptors (Lipinski definition) is 6. The molecule has 1 amide bonds. The summed E-state index contributed by atoms with van der Waals surface area (Å²) in [7, 11) is 0. The van der Waals surface area contributed by atoms with Gasteiger partial charge in [0, 0.05) is 18.2 Å². The molecule has 0 saturated heterocycles. The van der Waals surface area contributed by atoms with E-state index in [1.807, 2.05) is 13.0 Å². The van der Waals surface area contributed by atoms with E-state index >= 15 is 0 Å². The van der Waals surface area contributed by atoms with Crippen LogP contribution < -0.4 is 14.8 Å². The standard InChI is InChI=1S/C24H24IN3O5/c1-2-32-22-13-17(10-18(14-26)24(29)27-19-7-3-4-8-19)12-21(25)23(22)33-15-16-6-5-9-20(11-16)28(30)31/h5-6,9-13,19H,2-4,7-8,15H2,1H3,(H,27,29)/b18-10-. The second kappa shape index (κ2) is 11.7. The fraction of sp³-hybridized carbons (Fsp3) is 0.333. The van der Waals surface area contributed by atoms with Crippen LogP contribution in [0, 0.1) is 25.0 Å². The fourth-order valence-corrected chi connectivity index (χ4v) is 4.42. The molecule has 8 nitrogen and oxygen atoms in total. The number of nitrogens with zero attached hydrogens (tertiary/aromatic N) is 2. The lowest BCUT2D eigenvalue weighted by atomic mass is 10.1. The molecule has 0 heterocycles. The van der Waals surface area contributed by atoms with Crippen LogP contribution >= 0.6 is 22.6 Å². The molecule has 33 heavy (non-hydrogen) atoms. The van der Waals surface area contributed by atoms with E-state index in [1.54, 1.807) is 30.3 Å². The Morgan fingerprint density at radius 3 is 2.73 bits per heavy atom. The third-order valence-electron chi connectivity index (χ3n) is 5.20. The molecule has 172 valence electrons. The van der Waals surface area contributed by atoms with Gasteiger partial charge < -0.3 is 14.8 Å².